The van der Waals surface area contributed by atoms with Crippen molar-refractivity contribution >= 4 is 40.6 Å². The van der Waals surface area contributed by atoms with Crippen LogP contribution in [0.5, 0.6) is 5.75 Å². The zero-order valence-electron chi connectivity index (χ0n) is 16.1. The van der Waals surface area contributed by atoms with E-state index in [1.807, 2.05) is 30.3 Å². The molecule has 0 saturated carbocycles. The SMILES string of the molecule is CN(C)C(=O)c1ccccc1NCCOc1ccc(/C=C2\SC(=O)NC2=O)cc1. The molecule has 0 unspecified atom stereocenters. The summed E-state index contributed by atoms with van der Waals surface area (Å²) in [5.74, 6) is 0.250. The van der Waals surface area contributed by atoms with Crippen molar-refractivity contribution in [2.45, 2.75) is 0 Å². The molecule has 29 heavy (non-hydrogen) atoms. The van der Waals surface area contributed by atoms with Gasteiger partial charge in [-0.05, 0) is 47.7 Å². The van der Waals surface area contributed by atoms with E-state index in [0.29, 0.717) is 29.4 Å². The molecular weight excluding hydrogens is 390 g/mol. The van der Waals surface area contributed by atoms with Crippen LogP contribution in [0.15, 0.2) is 53.4 Å². The number of imide groups is 1. The molecule has 1 saturated heterocycles. The Kier molecular flexibility index (Phi) is 6.56. The number of benzene rings is 2. The van der Waals surface area contributed by atoms with Crippen molar-refractivity contribution in [2.75, 3.05) is 32.6 Å². The predicted molar refractivity (Wildman–Crippen MR) is 114 cm³/mol. The second-order valence-corrected chi connectivity index (χ2v) is 7.46. The van der Waals surface area contributed by atoms with Crippen LogP contribution in [0.1, 0.15) is 15.9 Å². The maximum Gasteiger partial charge on any atom is 0.290 e. The maximum absolute atomic E-state index is 12.2. The molecule has 0 bridgehead atoms. The van der Waals surface area contributed by atoms with E-state index >= 15 is 0 Å². The Balaban J connectivity index is 1.52. The van der Waals surface area contributed by atoms with Gasteiger partial charge in [0.2, 0.25) is 0 Å². The van der Waals surface area contributed by atoms with E-state index in [0.717, 1.165) is 23.0 Å². The summed E-state index contributed by atoms with van der Waals surface area (Å²) in [5, 5.41) is 5.09. The number of rotatable bonds is 7. The Morgan fingerprint density at radius 2 is 1.86 bits per heavy atom. The average Bonchev–Trinajstić information content (AvgIpc) is 3.03. The quantitative estimate of drug-likeness (QED) is 0.537. The van der Waals surface area contributed by atoms with Gasteiger partial charge in [-0.1, -0.05) is 24.3 Å². The van der Waals surface area contributed by atoms with Gasteiger partial charge in [-0.3, -0.25) is 19.7 Å². The highest BCUT2D eigenvalue weighted by Gasteiger charge is 2.24. The Labute approximate surface area is 173 Å². The Hall–Kier alpha value is -3.26. The lowest BCUT2D eigenvalue weighted by Crippen LogP contribution is -2.23. The molecule has 1 fully saturated rings. The lowest BCUT2D eigenvalue weighted by Gasteiger charge is -2.15. The van der Waals surface area contributed by atoms with E-state index in [1.54, 1.807) is 38.4 Å². The first-order valence-electron chi connectivity index (χ1n) is 8.96. The maximum atomic E-state index is 12.2. The number of amides is 3. The molecule has 1 aliphatic rings. The van der Waals surface area contributed by atoms with Gasteiger partial charge in [-0.15, -0.1) is 0 Å². The zero-order chi connectivity index (χ0) is 20.8. The van der Waals surface area contributed by atoms with Crippen molar-refractivity contribution in [1.82, 2.24) is 10.2 Å². The predicted octanol–water partition coefficient (Wildman–Crippen LogP) is 3.20. The number of hydrogen-bond acceptors (Lipinski definition) is 6. The highest BCUT2D eigenvalue weighted by molar-refractivity contribution is 8.18. The van der Waals surface area contributed by atoms with Gasteiger partial charge in [0.1, 0.15) is 12.4 Å². The van der Waals surface area contributed by atoms with Crippen molar-refractivity contribution in [3.8, 4) is 5.75 Å². The number of nitrogens with zero attached hydrogens (tertiary/aromatic N) is 1. The van der Waals surface area contributed by atoms with Gasteiger partial charge in [0, 0.05) is 26.3 Å². The molecule has 3 amide bonds. The summed E-state index contributed by atoms with van der Waals surface area (Å²) in [4.78, 5) is 36.9. The molecule has 1 heterocycles. The topological polar surface area (TPSA) is 87.7 Å². The molecule has 2 aromatic carbocycles. The molecule has 0 aliphatic carbocycles. The Morgan fingerprint density at radius 3 is 2.52 bits per heavy atom. The van der Waals surface area contributed by atoms with Gasteiger partial charge < -0.3 is 15.0 Å². The minimum atomic E-state index is -0.376. The Morgan fingerprint density at radius 1 is 1.14 bits per heavy atom. The van der Waals surface area contributed by atoms with E-state index in [9.17, 15) is 14.4 Å². The van der Waals surface area contributed by atoms with E-state index in [2.05, 4.69) is 10.6 Å². The summed E-state index contributed by atoms with van der Waals surface area (Å²) in [6.45, 7) is 0.945. The molecule has 0 aromatic heterocycles. The third-order valence-corrected chi connectivity index (χ3v) is 4.88. The van der Waals surface area contributed by atoms with E-state index in [-0.39, 0.29) is 17.1 Å². The lowest BCUT2D eigenvalue weighted by molar-refractivity contribution is -0.115. The number of anilines is 1. The van der Waals surface area contributed by atoms with Crippen molar-refractivity contribution in [2.24, 2.45) is 0 Å². The van der Waals surface area contributed by atoms with Gasteiger partial charge in [0.15, 0.2) is 0 Å². The second-order valence-electron chi connectivity index (χ2n) is 6.44. The first-order chi connectivity index (χ1) is 13.9. The van der Waals surface area contributed by atoms with Gasteiger partial charge >= 0.3 is 0 Å². The number of nitrogens with one attached hydrogen (secondary N) is 2. The largest absolute Gasteiger partial charge is 0.492 e. The summed E-state index contributed by atoms with van der Waals surface area (Å²) in [6.07, 6.45) is 1.66. The fourth-order valence-corrected chi connectivity index (χ4v) is 3.33. The van der Waals surface area contributed by atoms with Crippen molar-refractivity contribution in [1.29, 1.82) is 0 Å². The molecule has 2 N–H and O–H groups in total. The number of para-hydroxylation sites is 1. The fraction of sp³-hybridized carbons (Fsp3) is 0.190. The third kappa shape index (κ3) is 5.39. The Bertz CT molecular complexity index is 955. The van der Waals surface area contributed by atoms with Crippen LogP contribution in [0.4, 0.5) is 10.5 Å². The summed E-state index contributed by atoms with van der Waals surface area (Å²) >= 11 is 0.887. The summed E-state index contributed by atoms with van der Waals surface area (Å²) in [6, 6.07) is 14.6. The average molecular weight is 411 g/mol. The fourth-order valence-electron chi connectivity index (χ4n) is 2.65. The first-order valence-corrected chi connectivity index (χ1v) is 9.78. The van der Waals surface area contributed by atoms with Crippen molar-refractivity contribution < 1.29 is 19.1 Å². The van der Waals surface area contributed by atoms with E-state index < -0.39 is 0 Å². The number of hydrogen-bond donors (Lipinski definition) is 2. The van der Waals surface area contributed by atoms with Crippen LogP contribution in [-0.4, -0.2) is 49.2 Å². The van der Waals surface area contributed by atoms with Gasteiger partial charge in [-0.2, -0.15) is 0 Å². The van der Waals surface area contributed by atoms with Gasteiger partial charge in [0.05, 0.1) is 10.5 Å². The second kappa shape index (κ2) is 9.29. The third-order valence-electron chi connectivity index (χ3n) is 4.07. The minimum Gasteiger partial charge on any atom is -0.492 e. The van der Waals surface area contributed by atoms with Crippen LogP contribution < -0.4 is 15.4 Å². The van der Waals surface area contributed by atoms with E-state index in [4.69, 9.17) is 4.74 Å². The van der Waals surface area contributed by atoms with Crippen LogP contribution in [0.3, 0.4) is 0 Å². The number of thioether (sulfide) groups is 1. The molecular formula is C21H21N3O4S. The minimum absolute atomic E-state index is 0.0606. The molecule has 8 heteroatoms. The molecule has 2 aromatic rings. The smallest absolute Gasteiger partial charge is 0.290 e. The summed E-state index contributed by atoms with van der Waals surface area (Å²) in [7, 11) is 3.44. The standard InChI is InChI=1S/C21H21N3O4S/c1-24(2)20(26)16-5-3-4-6-17(16)22-11-12-28-15-9-7-14(8-10-15)13-18-19(25)23-21(27)29-18/h3-10,13,22H,11-12H2,1-2H3,(H,23,25,27)/b18-13-. The monoisotopic (exact) mass is 411 g/mol. The highest BCUT2D eigenvalue weighted by atomic mass is 32.2. The molecule has 3 rings (SSSR count). The first kappa shape index (κ1) is 20.5. The van der Waals surface area contributed by atoms with Crippen LogP contribution in [0, 0.1) is 0 Å². The molecule has 0 radical (unpaired) electrons. The van der Waals surface area contributed by atoms with Crippen molar-refractivity contribution in [3.05, 3.63) is 64.6 Å². The normalized spacial score (nSPS) is 14.6. The summed E-state index contributed by atoms with van der Waals surface area (Å²) < 4.78 is 5.72. The number of ether oxygens (including phenoxy) is 1. The number of carbonyl (C=O) groups is 3. The van der Waals surface area contributed by atoms with Crippen LogP contribution >= 0.6 is 11.8 Å². The molecule has 0 spiro atoms. The van der Waals surface area contributed by atoms with Crippen LogP contribution in [0.2, 0.25) is 0 Å². The van der Waals surface area contributed by atoms with Crippen LogP contribution in [-0.2, 0) is 4.79 Å². The zero-order valence-corrected chi connectivity index (χ0v) is 16.9. The number of carbonyl (C=O) groups excluding carboxylic acids is 3. The molecule has 1 aliphatic heterocycles. The van der Waals surface area contributed by atoms with E-state index in [1.165, 1.54) is 4.90 Å². The van der Waals surface area contributed by atoms with Gasteiger partial charge in [-0.25, -0.2) is 0 Å². The molecule has 150 valence electrons. The molecule has 0 atom stereocenters. The summed E-state index contributed by atoms with van der Waals surface area (Å²) in [5.41, 5.74) is 2.18. The molecule has 7 nitrogen and oxygen atoms in total. The van der Waals surface area contributed by atoms with Gasteiger partial charge in [0.25, 0.3) is 17.1 Å². The lowest BCUT2D eigenvalue weighted by atomic mass is 10.1. The van der Waals surface area contributed by atoms with Crippen molar-refractivity contribution in [3.63, 3.8) is 0 Å². The van der Waals surface area contributed by atoms with Crippen LogP contribution in [0.25, 0.3) is 6.08 Å². The highest BCUT2D eigenvalue weighted by Crippen LogP contribution is 2.26.